The number of ether oxygens (including phenoxy) is 3. The summed E-state index contributed by atoms with van der Waals surface area (Å²) < 4.78 is 17.9. The van der Waals surface area contributed by atoms with Crippen LogP contribution in [0, 0.1) is 0 Å². The van der Waals surface area contributed by atoms with Crippen molar-refractivity contribution in [3.63, 3.8) is 0 Å². The normalized spacial score (nSPS) is 26.4. The summed E-state index contributed by atoms with van der Waals surface area (Å²) in [6, 6.07) is 7.97. The van der Waals surface area contributed by atoms with Gasteiger partial charge in [-0.1, -0.05) is 30.7 Å². The van der Waals surface area contributed by atoms with E-state index in [0.717, 1.165) is 37.1 Å². The highest BCUT2D eigenvalue weighted by atomic mass is 16.5. The molecule has 0 radical (unpaired) electrons. The Bertz CT molecular complexity index is 693. The van der Waals surface area contributed by atoms with Gasteiger partial charge in [-0.25, -0.2) is 0 Å². The van der Waals surface area contributed by atoms with E-state index < -0.39 is 11.6 Å². The third-order valence-electron chi connectivity index (χ3n) is 5.54. The number of piperidine rings is 1. The molecule has 1 aliphatic heterocycles. The number of nitrogens with zero attached hydrogens (tertiary/aromatic N) is 1. The largest absolute Gasteiger partial charge is 0.492 e. The maximum absolute atomic E-state index is 13.3. The number of ketones is 1. The van der Waals surface area contributed by atoms with Crippen molar-refractivity contribution in [1.29, 1.82) is 0 Å². The van der Waals surface area contributed by atoms with Gasteiger partial charge in [0.25, 0.3) is 0 Å². The standard InChI is InChI=1S/C21H29NO4/c1-5-26-20-18(24-3)16-11-7-8-12-17(16)19(25-4)21(20,15(2)23)22-13-9-6-10-14-22/h7-8,11-12,19H,5-6,9-10,13-14H2,1-4H3. The Balaban J connectivity index is 2.32. The molecule has 2 atom stereocenters. The molecule has 5 heteroatoms. The average molecular weight is 359 g/mol. The molecule has 0 aromatic heterocycles. The lowest BCUT2D eigenvalue weighted by atomic mass is 9.73. The second-order valence-electron chi connectivity index (χ2n) is 6.87. The summed E-state index contributed by atoms with van der Waals surface area (Å²) in [7, 11) is 3.31. The maximum Gasteiger partial charge on any atom is 0.172 e. The number of hydrogen-bond acceptors (Lipinski definition) is 5. The molecule has 0 N–H and O–H groups in total. The van der Waals surface area contributed by atoms with Crippen LogP contribution in [0.15, 0.2) is 30.0 Å². The molecule has 0 saturated carbocycles. The molecule has 0 amide bonds. The second-order valence-corrected chi connectivity index (χ2v) is 6.87. The molecule has 1 saturated heterocycles. The van der Waals surface area contributed by atoms with Gasteiger partial charge in [-0.3, -0.25) is 9.69 Å². The van der Waals surface area contributed by atoms with Crippen LogP contribution < -0.4 is 0 Å². The van der Waals surface area contributed by atoms with Crippen LogP contribution in [0.25, 0.3) is 5.76 Å². The van der Waals surface area contributed by atoms with E-state index in [1.807, 2.05) is 31.2 Å². The predicted octanol–water partition coefficient (Wildman–Crippen LogP) is 3.55. The number of benzene rings is 1. The first-order valence-electron chi connectivity index (χ1n) is 9.42. The number of Topliss-reactive ketones (excluding diaryl/α,β-unsaturated/α-hetero) is 1. The van der Waals surface area contributed by atoms with Crippen molar-refractivity contribution in [3.8, 4) is 0 Å². The zero-order chi connectivity index (χ0) is 18.7. The summed E-state index contributed by atoms with van der Waals surface area (Å²) in [6.45, 7) is 5.72. The van der Waals surface area contributed by atoms with Crippen molar-refractivity contribution in [3.05, 3.63) is 41.2 Å². The van der Waals surface area contributed by atoms with E-state index in [1.165, 1.54) is 6.42 Å². The topological polar surface area (TPSA) is 48.0 Å². The SMILES string of the molecule is CCOC1=C(OC)c2ccccc2C(OC)C1(C(C)=O)N1CCCCC1. The van der Waals surface area contributed by atoms with E-state index in [1.54, 1.807) is 21.1 Å². The van der Waals surface area contributed by atoms with Crippen molar-refractivity contribution in [2.75, 3.05) is 33.9 Å². The first-order chi connectivity index (χ1) is 12.6. The summed E-state index contributed by atoms with van der Waals surface area (Å²) in [5.74, 6) is 1.25. The Morgan fingerprint density at radius 3 is 2.46 bits per heavy atom. The van der Waals surface area contributed by atoms with Gasteiger partial charge in [0.15, 0.2) is 22.8 Å². The van der Waals surface area contributed by atoms with Crippen LogP contribution in [0.1, 0.15) is 50.3 Å². The lowest BCUT2D eigenvalue weighted by Crippen LogP contribution is -2.62. The van der Waals surface area contributed by atoms with E-state index in [0.29, 0.717) is 18.1 Å². The van der Waals surface area contributed by atoms with Gasteiger partial charge in [0.1, 0.15) is 6.10 Å². The molecular formula is C21H29NO4. The molecule has 5 nitrogen and oxygen atoms in total. The lowest BCUT2D eigenvalue weighted by Gasteiger charge is -2.50. The Hall–Kier alpha value is -1.85. The van der Waals surface area contributed by atoms with Gasteiger partial charge >= 0.3 is 0 Å². The number of fused-ring (bicyclic) bond motifs is 1. The van der Waals surface area contributed by atoms with Crippen LogP contribution in [0.3, 0.4) is 0 Å². The van der Waals surface area contributed by atoms with E-state index >= 15 is 0 Å². The maximum atomic E-state index is 13.3. The summed E-state index contributed by atoms with van der Waals surface area (Å²) in [4.78, 5) is 15.5. The molecule has 1 fully saturated rings. The number of methoxy groups -OCH3 is 2. The van der Waals surface area contributed by atoms with Crippen LogP contribution in [-0.4, -0.2) is 50.1 Å². The van der Waals surface area contributed by atoms with Gasteiger partial charge in [0.05, 0.1) is 13.7 Å². The Morgan fingerprint density at radius 1 is 1.19 bits per heavy atom. The number of rotatable bonds is 6. The molecule has 26 heavy (non-hydrogen) atoms. The van der Waals surface area contributed by atoms with Gasteiger partial charge in [0.2, 0.25) is 0 Å². The first kappa shape index (κ1) is 18.9. The molecule has 0 bridgehead atoms. The average Bonchev–Trinajstić information content (AvgIpc) is 2.67. The lowest BCUT2D eigenvalue weighted by molar-refractivity contribution is -0.143. The number of carbonyl (C=O) groups is 1. The monoisotopic (exact) mass is 359 g/mol. The minimum Gasteiger partial charge on any atom is -0.492 e. The van der Waals surface area contributed by atoms with Crippen LogP contribution in [0.4, 0.5) is 0 Å². The van der Waals surface area contributed by atoms with Gasteiger partial charge in [-0.2, -0.15) is 0 Å². The molecule has 2 aliphatic rings. The third kappa shape index (κ3) is 2.74. The van der Waals surface area contributed by atoms with Crippen molar-refractivity contribution >= 4 is 11.5 Å². The highest BCUT2D eigenvalue weighted by molar-refractivity contribution is 5.94. The Morgan fingerprint density at radius 2 is 1.88 bits per heavy atom. The van der Waals surface area contributed by atoms with Crippen molar-refractivity contribution in [2.45, 2.75) is 44.8 Å². The second kappa shape index (κ2) is 7.80. The fraction of sp³-hybridized carbons (Fsp3) is 0.571. The summed E-state index contributed by atoms with van der Waals surface area (Å²) in [5, 5.41) is 0. The summed E-state index contributed by atoms with van der Waals surface area (Å²) >= 11 is 0. The molecule has 3 rings (SSSR count). The van der Waals surface area contributed by atoms with Gasteiger partial charge in [-0.05, 0) is 45.3 Å². The molecular weight excluding hydrogens is 330 g/mol. The van der Waals surface area contributed by atoms with Crippen molar-refractivity contribution in [2.24, 2.45) is 0 Å². The van der Waals surface area contributed by atoms with Crippen molar-refractivity contribution in [1.82, 2.24) is 4.90 Å². The number of hydrogen-bond donors (Lipinski definition) is 0. The fourth-order valence-corrected chi connectivity index (χ4v) is 4.52. The Kier molecular flexibility index (Phi) is 5.68. The predicted molar refractivity (Wildman–Crippen MR) is 101 cm³/mol. The molecule has 2 unspecified atom stereocenters. The highest BCUT2D eigenvalue weighted by Crippen LogP contribution is 2.50. The first-order valence-corrected chi connectivity index (χ1v) is 9.42. The minimum absolute atomic E-state index is 0.0266. The molecule has 1 aliphatic carbocycles. The van der Waals surface area contributed by atoms with Gasteiger partial charge in [0, 0.05) is 12.7 Å². The van der Waals surface area contributed by atoms with Crippen LogP contribution in [-0.2, 0) is 19.0 Å². The molecule has 142 valence electrons. The zero-order valence-corrected chi connectivity index (χ0v) is 16.2. The molecule has 0 spiro atoms. The zero-order valence-electron chi connectivity index (χ0n) is 16.2. The summed E-state index contributed by atoms with van der Waals surface area (Å²) in [5.41, 5.74) is 0.903. The van der Waals surface area contributed by atoms with Gasteiger partial charge < -0.3 is 14.2 Å². The molecule has 1 aromatic rings. The van der Waals surface area contributed by atoms with Crippen LogP contribution >= 0.6 is 0 Å². The van der Waals surface area contributed by atoms with E-state index in [2.05, 4.69) is 4.90 Å². The third-order valence-corrected chi connectivity index (χ3v) is 5.54. The Labute approximate surface area is 155 Å². The minimum atomic E-state index is -0.995. The highest BCUT2D eigenvalue weighted by Gasteiger charge is 2.58. The van der Waals surface area contributed by atoms with Crippen LogP contribution in [0.5, 0.6) is 0 Å². The fourth-order valence-electron chi connectivity index (χ4n) is 4.52. The van der Waals surface area contributed by atoms with Gasteiger partial charge in [-0.15, -0.1) is 0 Å². The van der Waals surface area contributed by atoms with E-state index in [-0.39, 0.29) is 5.78 Å². The molecule has 1 heterocycles. The smallest absolute Gasteiger partial charge is 0.172 e. The number of carbonyl (C=O) groups excluding carboxylic acids is 1. The number of likely N-dealkylation sites (tertiary alicyclic amines) is 1. The summed E-state index contributed by atoms with van der Waals surface area (Å²) in [6.07, 6.45) is 2.88. The van der Waals surface area contributed by atoms with Crippen molar-refractivity contribution < 1.29 is 19.0 Å². The van der Waals surface area contributed by atoms with E-state index in [4.69, 9.17) is 14.2 Å². The quantitative estimate of drug-likeness (QED) is 0.777. The van der Waals surface area contributed by atoms with Crippen LogP contribution in [0.2, 0.25) is 0 Å². The van der Waals surface area contributed by atoms with E-state index in [9.17, 15) is 4.79 Å². The molecule has 1 aromatic carbocycles.